The molecule has 19 heavy (non-hydrogen) atoms. The topological polar surface area (TPSA) is 55.1 Å². The van der Waals surface area contributed by atoms with Crippen LogP contribution in [-0.2, 0) is 4.79 Å². The number of rotatable bonds is 4. The summed E-state index contributed by atoms with van der Waals surface area (Å²) in [5.41, 5.74) is 1.36. The third-order valence-corrected chi connectivity index (χ3v) is 3.20. The van der Waals surface area contributed by atoms with Gasteiger partial charge >= 0.3 is 5.51 Å². The second-order valence-corrected chi connectivity index (χ2v) is 5.41. The quantitative estimate of drug-likeness (QED) is 0.838. The summed E-state index contributed by atoms with van der Waals surface area (Å²) in [5.74, 6) is -0.590. The van der Waals surface area contributed by atoms with Gasteiger partial charge in [0.2, 0.25) is 5.91 Å². The lowest BCUT2D eigenvalue weighted by atomic mass is 10.1. The molecule has 0 aliphatic rings. The second kappa shape index (κ2) is 6.29. The summed E-state index contributed by atoms with van der Waals surface area (Å²) in [5, 5.41) is 2.43. The number of benzene rings is 1. The van der Waals surface area contributed by atoms with Gasteiger partial charge in [0.15, 0.2) is 0 Å². The predicted molar refractivity (Wildman–Crippen MR) is 69.8 cm³/mol. The van der Waals surface area contributed by atoms with E-state index in [1.165, 1.54) is 18.2 Å². The Morgan fingerprint density at radius 3 is 2.42 bits per heavy atom. The van der Waals surface area contributed by atoms with Gasteiger partial charge in [-0.25, -0.2) is 0 Å². The van der Waals surface area contributed by atoms with Gasteiger partial charge in [-0.15, -0.1) is 0 Å². The van der Waals surface area contributed by atoms with E-state index in [0.717, 1.165) is 0 Å². The Morgan fingerprint density at radius 2 is 1.89 bits per heavy atom. The molecule has 0 fully saturated rings. The summed E-state index contributed by atoms with van der Waals surface area (Å²) in [4.78, 5) is 11.7. The van der Waals surface area contributed by atoms with Crippen LogP contribution in [0, 0.1) is 5.92 Å². The molecule has 0 aliphatic heterocycles. The molecule has 3 nitrogen and oxygen atoms in total. The highest BCUT2D eigenvalue weighted by Crippen LogP contribution is 2.40. The van der Waals surface area contributed by atoms with Crippen molar-refractivity contribution < 1.29 is 18.0 Å². The van der Waals surface area contributed by atoms with Crippen LogP contribution < -0.4 is 11.1 Å². The third-order valence-electron chi connectivity index (χ3n) is 2.39. The van der Waals surface area contributed by atoms with Crippen molar-refractivity contribution in [1.82, 2.24) is 0 Å². The Labute approximate surface area is 113 Å². The van der Waals surface area contributed by atoms with E-state index < -0.39 is 17.5 Å². The molecule has 3 N–H and O–H groups in total. The fourth-order valence-corrected chi connectivity index (χ4v) is 1.93. The van der Waals surface area contributed by atoms with E-state index in [9.17, 15) is 18.0 Å². The first kappa shape index (κ1) is 15.8. The molecule has 106 valence electrons. The van der Waals surface area contributed by atoms with E-state index in [-0.39, 0.29) is 28.3 Å². The minimum absolute atomic E-state index is 0.0562. The number of hydrogen-bond acceptors (Lipinski definition) is 3. The zero-order valence-electron chi connectivity index (χ0n) is 10.5. The predicted octanol–water partition coefficient (Wildman–Crippen LogP) is 3.22. The van der Waals surface area contributed by atoms with Crippen molar-refractivity contribution in [3.05, 3.63) is 24.3 Å². The largest absolute Gasteiger partial charge is 0.446 e. The van der Waals surface area contributed by atoms with Gasteiger partial charge in [0.1, 0.15) is 0 Å². The van der Waals surface area contributed by atoms with Crippen LogP contribution in [0.3, 0.4) is 0 Å². The lowest BCUT2D eigenvalue weighted by Gasteiger charge is -2.17. The summed E-state index contributed by atoms with van der Waals surface area (Å²) in [6.45, 7) is 3.53. The molecule has 0 bridgehead atoms. The molecule has 1 aromatic rings. The maximum Gasteiger partial charge on any atom is 0.446 e. The molecule has 0 saturated carbocycles. The smallest absolute Gasteiger partial charge is 0.324 e. The van der Waals surface area contributed by atoms with Crippen molar-refractivity contribution in [2.45, 2.75) is 30.3 Å². The molecule has 0 saturated heterocycles. The molecule has 0 heterocycles. The minimum atomic E-state index is -4.40. The van der Waals surface area contributed by atoms with Gasteiger partial charge in [-0.2, -0.15) is 13.2 Å². The number of anilines is 1. The van der Waals surface area contributed by atoms with Crippen LogP contribution in [0.15, 0.2) is 29.2 Å². The minimum Gasteiger partial charge on any atom is -0.324 e. The number of para-hydroxylation sites is 1. The number of carbonyl (C=O) groups excluding carboxylic acids is 1. The number of amides is 1. The highest BCUT2D eigenvalue weighted by Gasteiger charge is 2.30. The fraction of sp³-hybridized carbons (Fsp3) is 0.417. The zero-order chi connectivity index (χ0) is 14.6. The van der Waals surface area contributed by atoms with Crippen molar-refractivity contribution in [2.75, 3.05) is 5.32 Å². The average molecular weight is 292 g/mol. The van der Waals surface area contributed by atoms with Gasteiger partial charge in [0.05, 0.1) is 11.7 Å². The Hall–Kier alpha value is -1.21. The zero-order valence-corrected chi connectivity index (χ0v) is 11.3. The molecule has 0 unspecified atom stereocenters. The SMILES string of the molecule is CC(C)[C@H](N)C(=O)Nc1ccccc1SC(F)(F)F. The molecule has 0 spiro atoms. The average Bonchev–Trinajstić information content (AvgIpc) is 2.28. The summed E-state index contributed by atoms with van der Waals surface area (Å²) in [6, 6.07) is 4.99. The van der Waals surface area contributed by atoms with E-state index in [0.29, 0.717) is 0 Å². The van der Waals surface area contributed by atoms with E-state index in [1.807, 2.05) is 0 Å². The first-order valence-corrected chi connectivity index (χ1v) is 6.43. The molecule has 1 amide bonds. The maximum atomic E-state index is 12.4. The maximum absolute atomic E-state index is 12.4. The number of nitrogens with one attached hydrogen (secondary N) is 1. The van der Waals surface area contributed by atoms with Gasteiger partial charge in [-0.1, -0.05) is 26.0 Å². The number of hydrogen-bond donors (Lipinski definition) is 2. The highest BCUT2D eigenvalue weighted by atomic mass is 32.2. The Balaban J connectivity index is 2.87. The molecule has 0 aromatic heterocycles. The summed E-state index contributed by atoms with van der Waals surface area (Å²) >= 11 is -0.266. The van der Waals surface area contributed by atoms with Crippen molar-refractivity contribution in [1.29, 1.82) is 0 Å². The second-order valence-electron chi connectivity index (χ2n) is 4.30. The Kier molecular flexibility index (Phi) is 5.25. The van der Waals surface area contributed by atoms with Gasteiger partial charge < -0.3 is 11.1 Å². The number of halogens is 3. The molecule has 1 rings (SSSR count). The number of thioether (sulfide) groups is 1. The summed E-state index contributed by atoms with van der Waals surface area (Å²) in [6.07, 6.45) is 0. The molecule has 1 atom stereocenters. The summed E-state index contributed by atoms with van der Waals surface area (Å²) < 4.78 is 37.1. The van der Waals surface area contributed by atoms with Gasteiger partial charge in [0.25, 0.3) is 0 Å². The van der Waals surface area contributed by atoms with Crippen LogP contribution in [0.2, 0.25) is 0 Å². The van der Waals surface area contributed by atoms with Gasteiger partial charge in [-0.3, -0.25) is 4.79 Å². The van der Waals surface area contributed by atoms with Crippen molar-refractivity contribution in [3.8, 4) is 0 Å². The van der Waals surface area contributed by atoms with E-state index in [2.05, 4.69) is 5.32 Å². The van der Waals surface area contributed by atoms with Gasteiger partial charge in [0, 0.05) is 4.90 Å². The van der Waals surface area contributed by atoms with Crippen molar-refractivity contribution in [3.63, 3.8) is 0 Å². The van der Waals surface area contributed by atoms with Crippen LogP contribution in [0.1, 0.15) is 13.8 Å². The molecule has 1 aromatic carbocycles. The number of carbonyl (C=O) groups is 1. The summed E-state index contributed by atoms with van der Waals surface area (Å²) in [7, 11) is 0. The van der Waals surface area contributed by atoms with Crippen LogP contribution in [0.25, 0.3) is 0 Å². The lowest BCUT2D eigenvalue weighted by Crippen LogP contribution is -2.39. The van der Waals surface area contributed by atoms with Crippen LogP contribution >= 0.6 is 11.8 Å². The monoisotopic (exact) mass is 292 g/mol. The standard InChI is InChI=1S/C12H15F3N2OS/c1-7(2)10(16)11(18)17-8-5-3-4-6-9(8)19-12(13,14)15/h3-7,10H,16H2,1-2H3,(H,17,18)/t10-/m0/s1. The van der Waals surface area contributed by atoms with E-state index in [4.69, 9.17) is 5.73 Å². The molecule has 0 aliphatic carbocycles. The lowest BCUT2D eigenvalue weighted by molar-refractivity contribution is -0.118. The first-order chi connectivity index (χ1) is 8.70. The number of alkyl halides is 3. The molecule has 7 heteroatoms. The molecular formula is C12H15F3N2OS. The molecular weight excluding hydrogens is 277 g/mol. The fourth-order valence-electron chi connectivity index (χ4n) is 1.30. The Morgan fingerprint density at radius 1 is 1.32 bits per heavy atom. The highest BCUT2D eigenvalue weighted by molar-refractivity contribution is 8.00. The van der Waals surface area contributed by atoms with E-state index in [1.54, 1.807) is 19.9 Å². The van der Waals surface area contributed by atoms with Crippen LogP contribution in [0.5, 0.6) is 0 Å². The van der Waals surface area contributed by atoms with Crippen molar-refractivity contribution >= 4 is 23.4 Å². The van der Waals surface area contributed by atoms with Crippen LogP contribution in [-0.4, -0.2) is 17.5 Å². The van der Waals surface area contributed by atoms with E-state index >= 15 is 0 Å². The van der Waals surface area contributed by atoms with Crippen molar-refractivity contribution in [2.24, 2.45) is 11.7 Å². The van der Waals surface area contributed by atoms with Crippen LogP contribution in [0.4, 0.5) is 18.9 Å². The molecule has 0 radical (unpaired) electrons. The first-order valence-electron chi connectivity index (χ1n) is 5.62. The van der Waals surface area contributed by atoms with Gasteiger partial charge in [-0.05, 0) is 29.8 Å². The third kappa shape index (κ3) is 5.12. The number of nitrogens with two attached hydrogens (primary N) is 1. The Bertz CT molecular complexity index is 449. The normalized spacial score (nSPS) is 13.4.